The van der Waals surface area contributed by atoms with Gasteiger partial charge in [-0.1, -0.05) is 12.1 Å². The first kappa shape index (κ1) is 25.4. The minimum Gasteiger partial charge on any atom is -0.443 e. The second-order valence-electron chi connectivity index (χ2n) is 9.06. The minimum absolute atomic E-state index is 0.177. The normalized spacial score (nSPS) is 26.8. The molecule has 2 aromatic rings. The van der Waals surface area contributed by atoms with Crippen LogP contribution in [0.1, 0.15) is 47.7 Å². The van der Waals surface area contributed by atoms with Gasteiger partial charge in [-0.25, -0.2) is 9.18 Å². The van der Waals surface area contributed by atoms with Crippen molar-refractivity contribution in [3.8, 4) is 5.88 Å². The third-order valence-electron chi connectivity index (χ3n) is 6.70. The number of carbonyl (C=O) groups is 1. The number of aryl methyl sites for hydroxylation is 1. The molecular formula is C24H31FN2O8. The van der Waals surface area contributed by atoms with E-state index in [1.807, 2.05) is 17.7 Å². The van der Waals surface area contributed by atoms with E-state index >= 15 is 0 Å². The fraction of sp³-hybridized carbons (Fsp3) is 0.583. The van der Waals surface area contributed by atoms with Crippen molar-refractivity contribution in [1.82, 2.24) is 9.78 Å². The molecule has 5 atom stereocenters. The van der Waals surface area contributed by atoms with E-state index in [9.17, 15) is 24.5 Å². The van der Waals surface area contributed by atoms with Gasteiger partial charge in [0.2, 0.25) is 12.2 Å². The number of hydrogen-bond donors (Lipinski definition) is 3. The van der Waals surface area contributed by atoms with E-state index < -0.39 is 43.5 Å². The highest BCUT2D eigenvalue weighted by Crippen LogP contribution is 2.37. The summed E-state index contributed by atoms with van der Waals surface area (Å²) in [7, 11) is 1.13. The molecule has 0 amide bonds. The summed E-state index contributed by atoms with van der Waals surface area (Å²) in [6.45, 7) is 3.17. The number of halogens is 1. The molecule has 1 saturated carbocycles. The van der Waals surface area contributed by atoms with E-state index in [1.54, 1.807) is 13.0 Å². The summed E-state index contributed by atoms with van der Waals surface area (Å²) in [5, 5.41) is 35.7. The van der Waals surface area contributed by atoms with Gasteiger partial charge in [-0.2, -0.15) is 0 Å². The van der Waals surface area contributed by atoms with Crippen molar-refractivity contribution in [2.45, 2.75) is 76.3 Å². The van der Waals surface area contributed by atoms with Crippen molar-refractivity contribution < 1.29 is 43.5 Å². The number of methoxy groups -OCH3 is 1. The molecule has 1 aromatic carbocycles. The number of aliphatic hydroxyl groups excluding tert-OH is 3. The smallest absolute Gasteiger partial charge is 0.443 e. The van der Waals surface area contributed by atoms with Crippen LogP contribution in [0.2, 0.25) is 0 Å². The Kier molecular flexibility index (Phi) is 7.60. The molecule has 192 valence electrons. The molecule has 10 nitrogen and oxygen atoms in total. The number of hydrogen-bond acceptors (Lipinski definition) is 9. The molecule has 0 radical (unpaired) electrons. The summed E-state index contributed by atoms with van der Waals surface area (Å²) in [6.07, 6.45) is -4.95. The van der Waals surface area contributed by atoms with Crippen LogP contribution in [0.4, 0.5) is 9.18 Å². The number of carbonyl (C=O) groups excluding carboxylic acids is 1. The Hall–Kier alpha value is -2.73. The number of rotatable bonds is 7. The molecule has 2 fully saturated rings. The van der Waals surface area contributed by atoms with Crippen molar-refractivity contribution >= 4 is 6.16 Å². The van der Waals surface area contributed by atoms with Crippen LogP contribution in [-0.4, -0.2) is 75.7 Å². The second kappa shape index (κ2) is 10.5. The maximum absolute atomic E-state index is 14.2. The SMILES string of the molecule is COC(=O)OCC1O[C@@H](Oc2nn(C3CCC3)c(C)c2Cc2ccc(C)c(F)c2)[C@H](O)[C@@H](O)[C@@H]1O. The quantitative estimate of drug-likeness (QED) is 0.494. The topological polar surface area (TPSA) is 132 Å². The van der Waals surface area contributed by atoms with Gasteiger partial charge in [0.1, 0.15) is 36.8 Å². The number of ether oxygens (including phenoxy) is 4. The summed E-state index contributed by atoms with van der Waals surface area (Å²) in [5.41, 5.74) is 2.80. The van der Waals surface area contributed by atoms with Gasteiger partial charge in [-0.05, 0) is 50.3 Å². The zero-order valence-corrected chi connectivity index (χ0v) is 19.9. The summed E-state index contributed by atoms with van der Waals surface area (Å²) in [6, 6.07) is 5.21. The zero-order chi connectivity index (χ0) is 25.3. The van der Waals surface area contributed by atoms with E-state index in [0.29, 0.717) is 17.5 Å². The summed E-state index contributed by atoms with van der Waals surface area (Å²) >= 11 is 0. The molecule has 1 aliphatic heterocycles. The molecule has 35 heavy (non-hydrogen) atoms. The highest BCUT2D eigenvalue weighted by atomic mass is 19.1. The summed E-state index contributed by atoms with van der Waals surface area (Å²) in [5.74, 6) is -0.138. The molecule has 0 bridgehead atoms. The average Bonchev–Trinajstić information content (AvgIpc) is 3.09. The Labute approximate surface area is 202 Å². The first-order valence-electron chi connectivity index (χ1n) is 11.6. The molecule has 2 aliphatic rings. The van der Waals surface area contributed by atoms with Crippen LogP contribution in [0.25, 0.3) is 0 Å². The van der Waals surface area contributed by atoms with E-state index in [-0.39, 0.29) is 17.7 Å². The molecule has 4 rings (SSSR count). The molecule has 0 spiro atoms. The van der Waals surface area contributed by atoms with E-state index in [0.717, 1.165) is 37.6 Å². The Morgan fingerprint density at radius 2 is 1.94 bits per heavy atom. The Morgan fingerprint density at radius 1 is 1.20 bits per heavy atom. The maximum atomic E-state index is 14.2. The highest BCUT2D eigenvalue weighted by molar-refractivity contribution is 5.59. The van der Waals surface area contributed by atoms with Crippen molar-refractivity contribution in [2.24, 2.45) is 0 Å². The van der Waals surface area contributed by atoms with E-state index in [4.69, 9.17) is 14.2 Å². The Balaban J connectivity index is 1.59. The van der Waals surface area contributed by atoms with Crippen LogP contribution in [0, 0.1) is 19.7 Å². The summed E-state index contributed by atoms with van der Waals surface area (Å²) in [4.78, 5) is 11.3. The van der Waals surface area contributed by atoms with E-state index in [1.165, 1.54) is 6.07 Å². The maximum Gasteiger partial charge on any atom is 0.508 e. The fourth-order valence-electron chi connectivity index (χ4n) is 4.23. The van der Waals surface area contributed by atoms with E-state index in [2.05, 4.69) is 9.84 Å². The van der Waals surface area contributed by atoms with Crippen molar-refractivity contribution in [1.29, 1.82) is 0 Å². The van der Waals surface area contributed by atoms with Crippen LogP contribution < -0.4 is 4.74 Å². The molecule has 11 heteroatoms. The predicted octanol–water partition coefficient (Wildman–Crippen LogP) is 1.92. The van der Waals surface area contributed by atoms with Gasteiger partial charge in [-0.3, -0.25) is 4.68 Å². The molecule has 1 aliphatic carbocycles. The number of nitrogens with zero attached hydrogens (tertiary/aromatic N) is 2. The monoisotopic (exact) mass is 494 g/mol. The first-order chi connectivity index (χ1) is 16.7. The van der Waals surface area contributed by atoms with Gasteiger partial charge in [0.15, 0.2) is 0 Å². The van der Waals surface area contributed by atoms with Gasteiger partial charge < -0.3 is 34.3 Å². The van der Waals surface area contributed by atoms with Crippen LogP contribution in [-0.2, 0) is 20.6 Å². The lowest BCUT2D eigenvalue weighted by Crippen LogP contribution is -2.60. The first-order valence-corrected chi connectivity index (χ1v) is 11.6. The lowest BCUT2D eigenvalue weighted by atomic mass is 9.93. The fourth-order valence-corrected chi connectivity index (χ4v) is 4.23. The van der Waals surface area contributed by atoms with Gasteiger partial charge >= 0.3 is 6.16 Å². The number of benzene rings is 1. The summed E-state index contributed by atoms with van der Waals surface area (Å²) < 4.78 is 36.9. The standard InChI is InChI=1S/C24H31FN2O8/c1-12-7-8-14(10-17(12)25)9-16-13(2)27(15-5-4-6-15)26-22(16)35-23-21(30)20(29)19(28)18(34-23)11-33-24(31)32-3/h7-8,10,15,18-21,23,28-30H,4-6,9,11H2,1-3H3/t18?,19-,20+,21-,23+/m1/s1. The van der Waals surface area contributed by atoms with Gasteiger partial charge in [-0.15, -0.1) is 5.10 Å². The average molecular weight is 495 g/mol. The highest BCUT2D eigenvalue weighted by Gasteiger charge is 2.46. The van der Waals surface area contributed by atoms with Gasteiger partial charge in [0.05, 0.1) is 13.2 Å². The van der Waals surface area contributed by atoms with Gasteiger partial charge in [0, 0.05) is 17.7 Å². The van der Waals surface area contributed by atoms with Crippen LogP contribution in [0.5, 0.6) is 5.88 Å². The van der Waals surface area contributed by atoms with Crippen molar-refractivity contribution in [2.75, 3.05) is 13.7 Å². The van der Waals surface area contributed by atoms with Gasteiger partial charge in [0.25, 0.3) is 0 Å². The molecule has 1 saturated heterocycles. The lowest BCUT2D eigenvalue weighted by Gasteiger charge is -2.39. The van der Waals surface area contributed by atoms with Crippen molar-refractivity contribution in [3.63, 3.8) is 0 Å². The number of aliphatic hydroxyl groups is 3. The molecule has 1 aromatic heterocycles. The molecular weight excluding hydrogens is 463 g/mol. The molecule has 2 heterocycles. The Bertz CT molecular complexity index is 1060. The van der Waals surface area contributed by atoms with Crippen LogP contribution in [0.15, 0.2) is 18.2 Å². The minimum atomic E-state index is -1.62. The zero-order valence-electron chi connectivity index (χ0n) is 19.9. The predicted molar refractivity (Wildman–Crippen MR) is 119 cm³/mol. The largest absolute Gasteiger partial charge is 0.508 e. The third kappa shape index (κ3) is 5.27. The third-order valence-corrected chi connectivity index (χ3v) is 6.70. The van der Waals surface area contributed by atoms with Crippen LogP contribution >= 0.6 is 0 Å². The molecule has 1 unspecified atom stereocenters. The van der Waals surface area contributed by atoms with Crippen LogP contribution in [0.3, 0.4) is 0 Å². The molecule has 3 N–H and O–H groups in total. The lowest BCUT2D eigenvalue weighted by molar-refractivity contribution is -0.278. The van der Waals surface area contributed by atoms with Crippen molar-refractivity contribution in [3.05, 3.63) is 46.4 Å². The second-order valence-corrected chi connectivity index (χ2v) is 9.06. The number of aromatic nitrogens is 2. The Morgan fingerprint density at radius 3 is 2.57 bits per heavy atom.